The molecule has 1 aliphatic carbocycles. The van der Waals surface area contributed by atoms with Crippen molar-refractivity contribution in [3.8, 4) is 5.88 Å². The van der Waals surface area contributed by atoms with E-state index in [2.05, 4.69) is 19.9 Å². The lowest BCUT2D eigenvalue weighted by Gasteiger charge is -2.30. The second-order valence-electron chi connectivity index (χ2n) is 6.98. The fourth-order valence-electron chi connectivity index (χ4n) is 3.40. The summed E-state index contributed by atoms with van der Waals surface area (Å²) in [6, 6.07) is 1.95. The summed E-state index contributed by atoms with van der Waals surface area (Å²) in [5, 5.41) is 0.150. The Hall–Kier alpha value is -2.00. The third-order valence-corrected chi connectivity index (χ3v) is 7.14. The molecule has 2 fully saturated rings. The molecule has 0 unspecified atom stereocenters. The minimum absolute atomic E-state index is 0.150. The quantitative estimate of drug-likeness (QED) is 0.826. The number of hydrogen-bond acceptors (Lipinski definition) is 6. The van der Waals surface area contributed by atoms with Crippen LogP contribution in [0.25, 0.3) is 0 Å². The number of hydrogen-bond donors (Lipinski definition) is 1. The minimum atomic E-state index is -3.47. The normalized spacial score (nSPS) is 20.0. The molecule has 0 aromatic carbocycles. The van der Waals surface area contributed by atoms with E-state index < -0.39 is 10.0 Å². The van der Waals surface area contributed by atoms with Crippen molar-refractivity contribution in [2.24, 2.45) is 5.92 Å². The molecule has 1 saturated heterocycles. The fraction of sp³-hybridized carbons (Fsp3) is 0.588. The number of imidazole rings is 1. The van der Waals surface area contributed by atoms with Gasteiger partial charge >= 0.3 is 0 Å². The van der Waals surface area contributed by atoms with Crippen LogP contribution in [0, 0.1) is 5.92 Å². The van der Waals surface area contributed by atoms with Gasteiger partial charge in [0.15, 0.2) is 5.03 Å². The van der Waals surface area contributed by atoms with Gasteiger partial charge < -0.3 is 9.72 Å². The zero-order chi connectivity index (χ0) is 18.0. The van der Waals surface area contributed by atoms with Crippen molar-refractivity contribution < 1.29 is 13.2 Å². The zero-order valence-electron chi connectivity index (χ0n) is 14.5. The number of sulfonamides is 1. The van der Waals surface area contributed by atoms with Gasteiger partial charge in [0, 0.05) is 25.1 Å². The van der Waals surface area contributed by atoms with Gasteiger partial charge in [0.05, 0.1) is 24.8 Å². The van der Waals surface area contributed by atoms with Gasteiger partial charge in [-0.1, -0.05) is 6.42 Å². The minimum Gasteiger partial charge on any atom is -0.477 e. The molecule has 0 spiro atoms. The van der Waals surface area contributed by atoms with Crippen LogP contribution in [0.3, 0.4) is 0 Å². The van der Waals surface area contributed by atoms with E-state index in [0.29, 0.717) is 37.4 Å². The Morgan fingerprint density at radius 3 is 2.65 bits per heavy atom. The maximum atomic E-state index is 12.5. The van der Waals surface area contributed by atoms with Crippen molar-refractivity contribution >= 4 is 10.0 Å². The molecule has 0 amide bonds. The molecule has 0 atom stereocenters. The van der Waals surface area contributed by atoms with E-state index >= 15 is 0 Å². The van der Waals surface area contributed by atoms with Crippen molar-refractivity contribution in [1.82, 2.24) is 24.2 Å². The highest BCUT2D eigenvalue weighted by molar-refractivity contribution is 7.89. The van der Waals surface area contributed by atoms with Gasteiger partial charge in [-0.05, 0) is 31.6 Å². The molecule has 0 radical (unpaired) electrons. The first kappa shape index (κ1) is 17.4. The molecule has 26 heavy (non-hydrogen) atoms. The fourth-order valence-corrected chi connectivity index (χ4v) is 4.77. The smallest absolute Gasteiger partial charge is 0.260 e. The highest BCUT2D eigenvalue weighted by Crippen LogP contribution is 2.35. The number of piperidine rings is 1. The zero-order valence-corrected chi connectivity index (χ0v) is 15.4. The van der Waals surface area contributed by atoms with E-state index in [-0.39, 0.29) is 5.03 Å². The van der Waals surface area contributed by atoms with Crippen LogP contribution in [-0.4, -0.2) is 52.4 Å². The Morgan fingerprint density at radius 1 is 1.19 bits per heavy atom. The van der Waals surface area contributed by atoms with Crippen LogP contribution >= 0.6 is 0 Å². The molecule has 1 saturated carbocycles. The van der Waals surface area contributed by atoms with Crippen LogP contribution in [-0.2, 0) is 10.0 Å². The van der Waals surface area contributed by atoms with E-state index in [1.807, 2.05) is 6.07 Å². The number of rotatable bonds is 6. The highest BCUT2D eigenvalue weighted by Gasteiger charge is 2.30. The molecular formula is C17H23N5O3S. The third kappa shape index (κ3) is 3.59. The van der Waals surface area contributed by atoms with Gasteiger partial charge in [0.2, 0.25) is 5.88 Å². The monoisotopic (exact) mass is 377 g/mol. The van der Waals surface area contributed by atoms with Crippen LogP contribution in [0.1, 0.15) is 43.7 Å². The second kappa shape index (κ2) is 7.32. The van der Waals surface area contributed by atoms with Crippen LogP contribution in [0.4, 0.5) is 0 Å². The summed E-state index contributed by atoms with van der Waals surface area (Å²) >= 11 is 0. The Balaban J connectivity index is 1.29. The van der Waals surface area contributed by atoms with Crippen LogP contribution in [0.15, 0.2) is 29.9 Å². The molecule has 1 aliphatic heterocycles. The van der Waals surface area contributed by atoms with Crippen molar-refractivity contribution in [1.29, 1.82) is 0 Å². The average molecular weight is 377 g/mol. The summed E-state index contributed by atoms with van der Waals surface area (Å²) in [5.74, 6) is 1.50. The number of H-pyrrole nitrogens is 1. The Bertz CT molecular complexity index is 828. The summed E-state index contributed by atoms with van der Waals surface area (Å²) in [6.45, 7) is 1.54. The van der Waals surface area contributed by atoms with E-state index in [1.165, 1.54) is 36.1 Å². The average Bonchev–Trinajstić information content (AvgIpc) is 3.15. The summed E-state index contributed by atoms with van der Waals surface area (Å²) in [7, 11) is -3.47. The number of aromatic nitrogens is 4. The number of ether oxygens (including phenoxy) is 1. The molecular weight excluding hydrogens is 354 g/mol. The van der Waals surface area contributed by atoms with Crippen LogP contribution in [0.5, 0.6) is 5.88 Å². The van der Waals surface area contributed by atoms with Gasteiger partial charge in [0.25, 0.3) is 10.0 Å². The molecule has 1 N–H and O–H groups in total. The molecule has 4 rings (SSSR count). The molecule has 0 bridgehead atoms. The van der Waals surface area contributed by atoms with Crippen molar-refractivity contribution in [2.45, 2.75) is 43.0 Å². The first-order chi connectivity index (χ1) is 12.6. The number of nitrogens with one attached hydrogen (secondary N) is 1. The molecule has 2 aromatic heterocycles. The predicted molar refractivity (Wildman–Crippen MR) is 94.2 cm³/mol. The SMILES string of the molecule is O=S(=O)(c1cnc[nH]1)N1CCC(COc2cc(C3CCC3)ncn2)CC1. The number of nitrogens with zero attached hydrogens (tertiary/aromatic N) is 4. The molecule has 9 heteroatoms. The summed E-state index contributed by atoms with van der Waals surface area (Å²) in [4.78, 5) is 15.0. The topological polar surface area (TPSA) is 101 Å². The van der Waals surface area contributed by atoms with E-state index in [1.54, 1.807) is 6.33 Å². The van der Waals surface area contributed by atoms with Crippen LogP contribution < -0.4 is 4.74 Å². The summed E-state index contributed by atoms with van der Waals surface area (Å²) in [6.07, 6.45) is 9.50. The first-order valence-electron chi connectivity index (χ1n) is 9.06. The first-order valence-corrected chi connectivity index (χ1v) is 10.5. The standard InChI is InChI=1S/C17H23N5O3S/c23-26(24,17-9-18-11-21-17)22-6-4-13(5-7-22)10-25-16-8-15(19-12-20-16)14-2-1-3-14/h8-9,11-14H,1-7,10H2,(H,18,21). The predicted octanol–water partition coefficient (Wildman–Crippen LogP) is 1.95. The lowest BCUT2D eigenvalue weighted by molar-refractivity contribution is 0.180. The van der Waals surface area contributed by atoms with E-state index in [9.17, 15) is 8.42 Å². The Kier molecular flexibility index (Phi) is 4.90. The Labute approximate surface area is 153 Å². The summed E-state index contributed by atoms with van der Waals surface area (Å²) in [5.41, 5.74) is 1.07. The highest BCUT2D eigenvalue weighted by atomic mass is 32.2. The maximum Gasteiger partial charge on any atom is 0.260 e. The molecule has 140 valence electrons. The number of aromatic amines is 1. The second-order valence-corrected chi connectivity index (χ2v) is 8.89. The molecule has 2 aliphatic rings. The maximum absolute atomic E-state index is 12.5. The largest absolute Gasteiger partial charge is 0.477 e. The van der Waals surface area contributed by atoms with Crippen LogP contribution in [0.2, 0.25) is 0 Å². The molecule has 8 nitrogen and oxygen atoms in total. The van der Waals surface area contributed by atoms with Crippen molar-refractivity contribution in [3.63, 3.8) is 0 Å². The lowest BCUT2D eigenvalue weighted by atomic mass is 9.83. The van der Waals surface area contributed by atoms with E-state index in [0.717, 1.165) is 18.5 Å². The third-order valence-electron chi connectivity index (χ3n) is 5.32. The van der Waals surface area contributed by atoms with Crippen molar-refractivity contribution in [3.05, 3.63) is 30.6 Å². The van der Waals surface area contributed by atoms with Gasteiger partial charge in [-0.3, -0.25) is 0 Å². The molecule has 3 heterocycles. The van der Waals surface area contributed by atoms with Gasteiger partial charge in [-0.15, -0.1) is 0 Å². The Morgan fingerprint density at radius 2 is 2.00 bits per heavy atom. The van der Waals surface area contributed by atoms with Gasteiger partial charge in [-0.25, -0.2) is 23.4 Å². The molecule has 2 aromatic rings. The summed E-state index contributed by atoms with van der Waals surface area (Å²) < 4.78 is 32.3. The van der Waals surface area contributed by atoms with E-state index in [4.69, 9.17) is 4.74 Å². The van der Waals surface area contributed by atoms with Gasteiger partial charge in [0.1, 0.15) is 6.33 Å². The lowest BCUT2D eigenvalue weighted by Crippen LogP contribution is -2.39. The van der Waals surface area contributed by atoms with Crippen molar-refractivity contribution in [2.75, 3.05) is 19.7 Å². The van der Waals surface area contributed by atoms with Gasteiger partial charge in [-0.2, -0.15) is 4.31 Å².